The zero-order valence-electron chi connectivity index (χ0n) is 22.7. The van der Waals surface area contributed by atoms with Gasteiger partial charge in [-0.2, -0.15) is 5.10 Å². The molecule has 1 aliphatic rings. The molecule has 0 aliphatic carbocycles. The number of nitrogens with one attached hydrogen (secondary N) is 1. The van der Waals surface area contributed by atoms with Crippen LogP contribution in [0.5, 0.6) is 5.75 Å². The second kappa shape index (κ2) is 12.1. The van der Waals surface area contributed by atoms with Crippen LogP contribution < -0.4 is 10.1 Å². The number of aromatic nitrogens is 2. The van der Waals surface area contributed by atoms with Gasteiger partial charge in [-0.1, -0.05) is 45.4 Å². The predicted molar refractivity (Wildman–Crippen MR) is 151 cm³/mol. The van der Waals surface area contributed by atoms with Gasteiger partial charge in [-0.15, -0.1) is 0 Å². The molecule has 4 rings (SSSR count). The molecule has 0 spiro atoms. The predicted octanol–water partition coefficient (Wildman–Crippen LogP) is 6.24. The van der Waals surface area contributed by atoms with Crippen molar-refractivity contribution in [2.75, 3.05) is 31.6 Å². The van der Waals surface area contributed by atoms with E-state index in [0.29, 0.717) is 41.4 Å². The maximum atomic E-state index is 13.1. The van der Waals surface area contributed by atoms with Gasteiger partial charge in [-0.25, -0.2) is 0 Å². The first-order chi connectivity index (χ1) is 17.7. The molecule has 2 heterocycles. The van der Waals surface area contributed by atoms with Gasteiger partial charge in [-0.05, 0) is 73.1 Å². The Morgan fingerprint density at radius 3 is 2.51 bits per heavy atom. The SMILES string of the molecule is Cc1cc(NC(=O)c2ccc3c(c2)CCN(CC(C)C)CC3)nn1Cc1cc(Cl)ccc1OCC(C)C. The zero-order chi connectivity index (χ0) is 26.5. The fourth-order valence-corrected chi connectivity index (χ4v) is 4.96. The van der Waals surface area contributed by atoms with Gasteiger partial charge in [0, 0.05) is 47.5 Å². The second-order valence-electron chi connectivity index (χ2n) is 10.9. The number of rotatable bonds is 9. The average Bonchev–Trinajstić information content (AvgIpc) is 3.05. The Bertz CT molecular complexity index is 1230. The zero-order valence-corrected chi connectivity index (χ0v) is 23.4. The molecule has 198 valence electrons. The van der Waals surface area contributed by atoms with Crippen LogP contribution in [0.15, 0.2) is 42.5 Å². The van der Waals surface area contributed by atoms with Crippen LogP contribution in [-0.4, -0.2) is 46.8 Å². The highest BCUT2D eigenvalue weighted by Crippen LogP contribution is 2.26. The highest BCUT2D eigenvalue weighted by Gasteiger charge is 2.18. The minimum Gasteiger partial charge on any atom is -0.493 e. The van der Waals surface area contributed by atoms with Crippen molar-refractivity contribution in [2.45, 2.75) is 54.0 Å². The van der Waals surface area contributed by atoms with Crippen LogP contribution in [-0.2, 0) is 19.4 Å². The fraction of sp³-hybridized carbons (Fsp3) is 0.467. The minimum atomic E-state index is -0.139. The summed E-state index contributed by atoms with van der Waals surface area (Å²) in [4.78, 5) is 15.6. The molecule has 1 aromatic heterocycles. The van der Waals surface area contributed by atoms with Gasteiger partial charge < -0.3 is 15.0 Å². The molecule has 7 heteroatoms. The fourth-order valence-electron chi connectivity index (χ4n) is 4.76. The Morgan fingerprint density at radius 1 is 1.03 bits per heavy atom. The molecule has 1 N–H and O–H groups in total. The molecule has 0 saturated heterocycles. The number of halogens is 1. The van der Waals surface area contributed by atoms with Crippen LogP contribution >= 0.6 is 11.6 Å². The largest absolute Gasteiger partial charge is 0.493 e. The van der Waals surface area contributed by atoms with Gasteiger partial charge in [0.1, 0.15) is 5.75 Å². The van der Waals surface area contributed by atoms with E-state index >= 15 is 0 Å². The Balaban J connectivity index is 1.44. The van der Waals surface area contributed by atoms with Crippen LogP contribution in [0.4, 0.5) is 5.82 Å². The van der Waals surface area contributed by atoms with Crippen molar-refractivity contribution in [1.82, 2.24) is 14.7 Å². The summed E-state index contributed by atoms with van der Waals surface area (Å²) in [6.45, 7) is 15.1. The topological polar surface area (TPSA) is 59.4 Å². The quantitative estimate of drug-likeness (QED) is 0.361. The number of carbonyl (C=O) groups is 1. The van der Waals surface area contributed by atoms with Crippen molar-refractivity contribution in [3.63, 3.8) is 0 Å². The van der Waals surface area contributed by atoms with Gasteiger partial charge in [0.25, 0.3) is 5.91 Å². The molecule has 0 atom stereocenters. The summed E-state index contributed by atoms with van der Waals surface area (Å²) in [5, 5.41) is 8.30. The van der Waals surface area contributed by atoms with Crippen molar-refractivity contribution in [1.29, 1.82) is 0 Å². The summed E-state index contributed by atoms with van der Waals surface area (Å²) < 4.78 is 7.87. The number of amides is 1. The summed E-state index contributed by atoms with van der Waals surface area (Å²) in [5.41, 5.74) is 5.18. The number of carbonyl (C=O) groups excluding carboxylic acids is 1. The summed E-state index contributed by atoms with van der Waals surface area (Å²) >= 11 is 6.27. The van der Waals surface area contributed by atoms with E-state index in [1.807, 2.05) is 41.9 Å². The van der Waals surface area contributed by atoms with Crippen LogP contribution in [0, 0.1) is 18.8 Å². The van der Waals surface area contributed by atoms with E-state index in [1.165, 1.54) is 11.1 Å². The average molecular weight is 523 g/mol. The Labute approximate surface area is 226 Å². The standard InChI is InChI=1S/C30H39ClN4O2/c1-20(2)17-34-12-10-23-6-7-25(15-24(23)11-13-34)30(36)32-29-14-22(5)35(33-29)18-26-16-27(31)8-9-28(26)37-19-21(3)4/h6-9,14-16,20-21H,10-13,17-19H2,1-5H3,(H,32,33,36). The van der Waals surface area contributed by atoms with Crippen molar-refractivity contribution in [2.24, 2.45) is 11.8 Å². The first kappa shape index (κ1) is 27.2. The molecule has 3 aromatic rings. The van der Waals surface area contributed by atoms with E-state index in [1.54, 1.807) is 0 Å². The molecule has 1 aliphatic heterocycles. The first-order valence-corrected chi connectivity index (χ1v) is 13.7. The molecular weight excluding hydrogens is 484 g/mol. The van der Waals surface area contributed by atoms with Crippen molar-refractivity contribution >= 4 is 23.3 Å². The van der Waals surface area contributed by atoms with Gasteiger partial charge in [0.2, 0.25) is 0 Å². The minimum absolute atomic E-state index is 0.139. The third kappa shape index (κ3) is 7.36. The molecular formula is C30H39ClN4O2. The number of hydrogen-bond acceptors (Lipinski definition) is 4. The molecule has 1 amide bonds. The molecule has 2 aromatic carbocycles. The molecule has 0 saturated carbocycles. The van der Waals surface area contributed by atoms with Gasteiger partial charge in [0.15, 0.2) is 5.82 Å². The number of benzene rings is 2. The first-order valence-electron chi connectivity index (χ1n) is 13.3. The summed E-state index contributed by atoms with van der Waals surface area (Å²) in [7, 11) is 0. The van der Waals surface area contributed by atoms with Crippen LogP contribution in [0.2, 0.25) is 5.02 Å². The summed E-state index contributed by atoms with van der Waals surface area (Å²) in [6.07, 6.45) is 2.00. The maximum Gasteiger partial charge on any atom is 0.256 e. The Kier molecular flexibility index (Phi) is 8.93. The highest BCUT2D eigenvalue weighted by atomic mass is 35.5. The molecule has 0 fully saturated rings. The lowest BCUT2D eigenvalue weighted by Gasteiger charge is -2.21. The second-order valence-corrected chi connectivity index (χ2v) is 11.4. The number of ether oxygens (including phenoxy) is 1. The lowest BCUT2D eigenvalue weighted by molar-refractivity contribution is 0.102. The smallest absolute Gasteiger partial charge is 0.256 e. The van der Waals surface area contributed by atoms with E-state index in [9.17, 15) is 4.79 Å². The third-order valence-corrected chi connectivity index (χ3v) is 6.86. The van der Waals surface area contributed by atoms with E-state index < -0.39 is 0 Å². The van der Waals surface area contributed by atoms with Gasteiger partial charge in [0.05, 0.1) is 13.2 Å². The molecule has 0 radical (unpaired) electrons. The number of hydrogen-bond donors (Lipinski definition) is 1. The normalized spacial score (nSPS) is 14.1. The third-order valence-electron chi connectivity index (χ3n) is 6.62. The lowest BCUT2D eigenvalue weighted by atomic mass is 10.00. The Hall–Kier alpha value is -2.83. The van der Waals surface area contributed by atoms with Gasteiger partial charge >= 0.3 is 0 Å². The van der Waals surface area contributed by atoms with Crippen molar-refractivity contribution in [3.8, 4) is 5.75 Å². The molecule has 6 nitrogen and oxygen atoms in total. The number of fused-ring (bicyclic) bond motifs is 1. The van der Waals surface area contributed by atoms with E-state index in [4.69, 9.17) is 16.3 Å². The lowest BCUT2D eigenvalue weighted by Crippen LogP contribution is -2.30. The van der Waals surface area contributed by atoms with Crippen LogP contribution in [0.25, 0.3) is 0 Å². The maximum absolute atomic E-state index is 13.1. The summed E-state index contributed by atoms with van der Waals surface area (Å²) in [5.74, 6) is 2.27. The van der Waals surface area contributed by atoms with E-state index in [0.717, 1.165) is 49.5 Å². The van der Waals surface area contributed by atoms with Crippen molar-refractivity contribution in [3.05, 3.63) is 75.4 Å². The van der Waals surface area contributed by atoms with E-state index in [2.05, 4.69) is 55.1 Å². The molecule has 0 bridgehead atoms. The number of nitrogens with zero attached hydrogens (tertiary/aromatic N) is 3. The number of anilines is 1. The van der Waals surface area contributed by atoms with Crippen molar-refractivity contribution < 1.29 is 9.53 Å². The van der Waals surface area contributed by atoms with Gasteiger partial charge in [-0.3, -0.25) is 9.48 Å². The monoisotopic (exact) mass is 522 g/mol. The number of aryl methyl sites for hydroxylation is 1. The van der Waals surface area contributed by atoms with Crippen LogP contribution in [0.3, 0.4) is 0 Å². The van der Waals surface area contributed by atoms with E-state index in [-0.39, 0.29) is 5.91 Å². The summed E-state index contributed by atoms with van der Waals surface area (Å²) in [6, 6.07) is 13.6. The highest BCUT2D eigenvalue weighted by molar-refractivity contribution is 6.30. The Morgan fingerprint density at radius 2 is 1.78 bits per heavy atom. The van der Waals surface area contributed by atoms with Crippen LogP contribution in [0.1, 0.15) is 60.4 Å². The molecule has 37 heavy (non-hydrogen) atoms. The molecule has 0 unspecified atom stereocenters.